The SMILES string of the molecule is COc1cccc(NC(=O)C(=O)NCC2(c3ccccc3)CCC2)c1. The van der Waals surface area contributed by atoms with Crippen LogP contribution < -0.4 is 15.4 Å². The first kappa shape index (κ1) is 17.0. The highest BCUT2D eigenvalue weighted by molar-refractivity contribution is 6.39. The third kappa shape index (κ3) is 3.82. The molecule has 5 nitrogen and oxygen atoms in total. The standard InChI is InChI=1S/C20H22N2O3/c1-25-17-10-5-9-16(13-17)22-19(24)18(23)21-14-20(11-6-12-20)15-7-3-2-4-8-15/h2-5,7-10,13H,6,11-12,14H2,1H3,(H,21,23)(H,22,24). The van der Waals surface area contributed by atoms with Gasteiger partial charge in [0.05, 0.1) is 7.11 Å². The van der Waals surface area contributed by atoms with E-state index in [0.717, 1.165) is 19.3 Å². The fourth-order valence-electron chi connectivity index (χ4n) is 3.18. The van der Waals surface area contributed by atoms with Gasteiger partial charge in [-0.3, -0.25) is 9.59 Å². The van der Waals surface area contributed by atoms with Crippen molar-refractivity contribution in [1.82, 2.24) is 5.32 Å². The number of nitrogens with one attached hydrogen (secondary N) is 2. The lowest BCUT2D eigenvalue weighted by Gasteiger charge is -2.42. The molecule has 0 heterocycles. The number of carbonyl (C=O) groups is 2. The largest absolute Gasteiger partial charge is 0.497 e. The lowest BCUT2D eigenvalue weighted by molar-refractivity contribution is -0.136. The average Bonchev–Trinajstić information content (AvgIpc) is 2.61. The van der Waals surface area contributed by atoms with Crippen LogP contribution in [0.5, 0.6) is 5.75 Å². The molecule has 0 aromatic heterocycles. The van der Waals surface area contributed by atoms with Crippen LogP contribution in [0.4, 0.5) is 5.69 Å². The molecule has 2 amide bonds. The molecule has 1 fully saturated rings. The van der Waals surface area contributed by atoms with Crippen LogP contribution in [0.2, 0.25) is 0 Å². The van der Waals surface area contributed by atoms with E-state index in [1.807, 2.05) is 18.2 Å². The second-order valence-corrected chi connectivity index (χ2v) is 6.37. The Bertz CT molecular complexity index is 755. The summed E-state index contributed by atoms with van der Waals surface area (Å²) in [7, 11) is 1.55. The number of anilines is 1. The molecule has 25 heavy (non-hydrogen) atoms. The summed E-state index contributed by atoms with van der Waals surface area (Å²) in [5.41, 5.74) is 1.70. The van der Waals surface area contributed by atoms with Crippen molar-refractivity contribution in [3.63, 3.8) is 0 Å². The Kier molecular flexibility index (Phi) is 5.03. The summed E-state index contributed by atoms with van der Waals surface area (Å²) < 4.78 is 5.11. The van der Waals surface area contributed by atoms with Crippen LogP contribution in [0.1, 0.15) is 24.8 Å². The summed E-state index contributed by atoms with van der Waals surface area (Å²) in [5.74, 6) is -0.670. The van der Waals surface area contributed by atoms with Gasteiger partial charge in [-0.2, -0.15) is 0 Å². The number of methoxy groups -OCH3 is 1. The number of amides is 2. The molecule has 1 aliphatic rings. The van der Waals surface area contributed by atoms with E-state index in [9.17, 15) is 9.59 Å². The predicted molar refractivity (Wildman–Crippen MR) is 96.6 cm³/mol. The minimum absolute atomic E-state index is 0.0484. The molecule has 0 unspecified atom stereocenters. The molecule has 1 saturated carbocycles. The zero-order valence-electron chi connectivity index (χ0n) is 14.2. The molecule has 0 spiro atoms. The van der Waals surface area contributed by atoms with Gasteiger partial charge < -0.3 is 15.4 Å². The highest BCUT2D eigenvalue weighted by Crippen LogP contribution is 2.43. The van der Waals surface area contributed by atoms with Gasteiger partial charge in [0.1, 0.15) is 5.75 Å². The first-order valence-corrected chi connectivity index (χ1v) is 8.42. The highest BCUT2D eigenvalue weighted by Gasteiger charge is 2.39. The summed E-state index contributed by atoms with van der Waals surface area (Å²) in [5, 5.41) is 5.39. The number of hydrogen-bond donors (Lipinski definition) is 2. The molecule has 1 aliphatic carbocycles. The van der Waals surface area contributed by atoms with Crippen molar-refractivity contribution < 1.29 is 14.3 Å². The Hall–Kier alpha value is -2.82. The molecule has 130 valence electrons. The number of benzene rings is 2. The van der Waals surface area contributed by atoms with Crippen LogP contribution >= 0.6 is 0 Å². The van der Waals surface area contributed by atoms with E-state index in [4.69, 9.17) is 4.74 Å². The molecule has 0 radical (unpaired) electrons. The first-order valence-electron chi connectivity index (χ1n) is 8.42. The Morgan fingerprint density at radius 1 is 1.04 bits per heavy atom. The minimum Gasteiger partial charge on any atom is -0.497 e. The van der Waals surface area contributed by atoms with E-state index in [-0.39, 0.29) is 5.41 Å². The molecule has 0 saturated heterocycles. The van der Waals surface area contributed by atoms with Gasteiger partial charge in [0.25, 0.3) is 0 Å². The topological polar surface area (TPSA) is 67.4 Å². The summed E-state index contributed by atoms with van der Waals surface area (Å²) in [4.78, 5) is 24.3. The van der Waals surface area contributed by atoms with E-state index in [0.29, 0.717) is 18.0 Å². The molecule has 2 aromatic rings. The normalized spacial score (nSPS) is 14.9. The second kappa shape index (κ2) is 7.38. The van der Waals surface area contributed by atoms with E-state index in [1.165, 1.54) is 5.56 Å². The molecular formula is C20H22N2O3. The van der Waals surface area contributed by atoms with Crippen molar-refractivity contribution in [2.75, 3.05) is 19.0 Å². The first-order chi connectivity index (χ1) is 12.1. The summed E-state index contributed by atoms with van der Waals surface area (Å²) in [6, 6.07) is 17.1. The average molecular weight is 338 g/mol. The van der Waals surface area contributed by atoms with Crippen LogP contribution in [-0.2, 0) is 15.0 Å². The molecule has 5 heteroatoms. The van der Waals surface area contributed by atoms with E-state index < -0.39 is 11.8 Å². The molecule has 2 N–H and O–H groups in total. The maximum Gasteiger partial charge on any atom is 0.313 e. The van der Waals surface area contributed by atoms with Gasteiger partial charge in [-0.25, -0.2) is 0 Å². The van der Waals surface area contributed by atoms with Crippen LogP contribution in [0.3, 0.4) is 0 Å². The van der Waals surface area contributed by atoms with Crippen molar-refractivity contribution in [3.05, 3.63) is 60.2 Å². The van der Waals surface area contributed by atoms with Gasteiger partial charge in [0.2, 0.25) is 0 Å². The van der Waals surface area contributed by atoms with Crippen molar-refractivity contribution in [2.45, 2.75) is 24.7 Å². The van der Waals surface area contributed by atoms with Gasteiger partial charge >= 0.3 is 11.8 Å². The van der Waals surface area contributed by atoms with Crippen LogP contribution in [0.25, 0.3) is 0 Å². The quantitative estimate of drug-likeness (QED) is 0.824. The predicted octanol–water partition coefficient (Wildman–Crippen LogP) is 2.87. The third-order valence-corrected chi connectivity index (χ3v) is 4.82. The fraction of sp³-hybridized carbons (Fsp3) is 0.300. The monoisotopic (exact) mass is 338 g/mol. The molecule has 2 aromatic carbocycles. The lowest BCUT2D eigenvalue weighted by atomic mass is 9.64. The molecule has 3 rings (SSSR count). The zero-order valence-corrected chi connectivity index (χ0v) is 14.2. The van der Waals surface area contributed by atoms with E-state index >= 15 is 0 Å². The van der Waals surface area contributed by atoms with Crippen LogP contribution in [0, 0.1) is 0 Å². The Morgan fingerprint density at radius 3 is 2.44 bits per heavy atom. The highest BCUT2D eigenvalue weighted by atomic mass is 16.5. The summed E-state index contributed by atoms with van der Waals surface area (Å²) >= 11 is 0. The fourth-order valence-corrected chi connectivity index (χ4v) is 3.18. The number of rotatable bonds is 5. The van der Waals surface area contributed by atoms with Crippen LogP contribution in [-0.4, -0.2) is 25.5 Å². The van der Waals surface area contributed by atoms with Crippen molar-refractivity contribution in [3.8, 4) is 5.75 Å². The lowest BCUT2D eigenvalue weighted by Crippen LogP contribution is -2.48. The van der Waals surface area contributed by atoms with Gasteiger partial charge in [-0.1, -0.05) is 42.8 Å². The van der Waals surface area contributed by atoms with Gasteiger partial charge in [0, 0.05) is 23.7 Å². The van der Waals surface area contributed by atoms with Crippen molar-refractivity contribution >= 4 is 17.5 Å². The van der Waals surface area contributed by atoms with Gasteiger partial charge in [-0.15, -0.1) is 0 Å². The Labute approximate surface area is 147 Å². The Morgan fingerprint density at radius 2 is 1.80 bits per heavy atom. The second-order valence-electron chi connectivity index (χ2n) is 6.37. The summed E-state index contributed by atoms with van der Waals surface area (Å²) in [6.07, 6.45) is 3.18. The van der Waals surface area contributed by atoms with Crippen molar-refractivity contribution in [1.29, 1.82) is 0 Å². The smallest absolute Gasteiger partial charge is 0.313 e. The maximum absolute atomic E-state index is 12.2. The summed E-state index contributed by atoms with van der Waals surface area (Å²) in [6.45, 7) is 0.474. The van der Waals surface area contributed by atoms with Gasteiger partial charge in [-0.05, 0) is 30.5 Å². The molecular weight excluding hydrogens is 316 g/mol. The number of ether oxygens (including phenoxy) is 1. The molecule has 0 bridgehead atoms. The van der Waals surface area contributed by atoms with E-state index in [2.05, 4.69) is 22.8 Å². The maximum atomic E-state index is 12.2. The number of hydrogen-bond acceptors (Lipinski definition) is 3. The molecule has 0 aliphatic heterocycles. The van der Waals surface area contributed by atoms with Crippen molar-refractivity contribution in [2.24, 2.45) is 0 Å². The van der Waals surface area contributed by atoms with Crippen LogP contribution in [0.15, 0.2) is 54.6 Å². The minimum atomic E-state index is -0.671. The molecule has 0 atom stereocenters. The number of carbonyl (C=O) groups excluding carboxylic acids is 2. The van der Waals surface area contributed by atoms with E-state index in [1.54, 1.807) is 31.4 Å². The zero-order chi connectivity index (χ0) is 17.7. The Balaban J connectivity index is 1.59. The van der Waals surface area contributed by atoms with Gasteiger partial charge in [0.15, 0.2) is 0 Å². The third-order valence-electron chi connectivity index (χ3n) is 4.82.